The van der Waals surface area contributed by atoms with Gasteiger partial charge in [-0.25, -0.2) is 14.5 Å². The molecule has 1 aliphatic heterocycles. The minimum atomic E-state index is -0.813. The molecule has 9 nitrogen and oxygen atoms in total. The van der Waals surface area contributed by atoms with Crippen molar-refractivity contribution in [2.45, 2.75) is 38.8 Å². The number of amides is 6. The second kappa shape index (κ2) is 7.87. The van der Waals surface area contributed by atoms with Crippen LogP contribution in [0.5, 0.6) is 0 Å². The minimum absolute atomic E-state index is 0.148. The highest BCUT2D eigenvalue weighted by Crippen LogP contribution is 2.43. The van der Waals surface area contributed by atoms with Gasteiger partial charge in [0, 0.05) is 26.6 Å². The van der Waals surface area contributed by atoms with E-state index in [-0.39, 0.29) is 23.8 Å². The average molecular weight is 387 g/mol. The van der Waals surface area contributed by atoms with Gasteiger partial charge in [-0.3, -0.25) is 9.59 Å². The van der Waals surface area contributed by atoms with Gasteiger partial charge in [-0.05, 0) is 43.4 Å². The van der Waals surface area contributed by atoms with Gasteiger partial charge in [0.25, 0.3) is 5.91 Å². The van der Waals surface area contributed by atoms with Gasteiger partial charge in [0.15, 0.2) is 0 Å². The first kappa shape index (κ1) is 19.7. The van der Waals surface area contributed by atoms with Gasteiger partial charge in [0.1, 0.15) is 5.54 Å². The van der Waals surface area contributed by atoms with E-state index >= 15 is 0 Å². The normalized spacial score (nSPS) is 21.3. The summed E-state index contributed by atoms with van der Waals surface area (Å²) in [5.41, 5.74) is 0.528. The number of urea groups is 2. The largest absolute Gasteiger partial charge is 0.355 e. The van der Waals surface area contributed by atoms with Crippen molar-refractivity contribution in [3.63, 3.8) is 0 Å². The van der Waals surface area contributed by atoms with E-state index < -0.39 is 11.6 Å². The summed E-state index contributed by atoms with van der Waals surface area (Å²) in [6.07, 6.45) is 1.90. The lowest BCUT2D eigenvalue weighted by Gasteiger charge is -2.21. The smallest absolute Gasteiger partial charge is 0.329 e. The van der Waals surface area contributed by atoms with E-state index in [2.05, 4.69) is 21.3 Å². The topological polar surface area (TPSA) is 120 Å². The first-order chi connectivity index (χ1) is 13.3. The number of nitrogens with one attached hydrogen (secondary N) is 4. The van der Waals surface area contributed by atoms with E-state index in [1.165, 1.54) is 11.8 Å². The van der Waals surface area contributed by atoms with Gasteiger partial charge in [-0.1, -0.05) is 12.1 Å². The second-order valence-corrected chi connectivity index (χ2v) is 7.31. The summed E-state index contributed by atoms with van der Waals surface area (Å²) in [7, 11) is 0. The molecule has 9 heteroatoms. The minimum Gasteiger partial charge on any atom is -0.355 e. The van der Waals surface area contributed by atoms with Gasteiger partial charge in [-0.15, -0.1) is 0 Å². The Morgan fingerprint density at radius 1 is 1.11 bits per heavy atom. The Morgan fingerprint density at radius 2 is 1.75 bits per heavy atom. The Labute approximate surface area is 163 Å². The summed E-state index contributed by atoms with van der Waals surface area (Å²) in [4.78, 5) is 48.7. The molecule has 150 valence electrons. The molecule has 6 amide bonds. The van der Waals surface area contributed by atoms with Gasteiger partial charge < -0.3 is 21.3 Å². The van der Waals surface area contributed by atoms with Crippen molar-refractivity contribution < 1.29 is 19.2 Å². The third kappa shape index (κ3) is 4.24. The van der Waals surface area contributed by atoms with E-state index in [4.69, 9.17) is 0 Å². The monoisotopic (exact) mass is 387 g/mol. The maximum Gasteiger partial charge on any atom is 0.329 e. The number of anilines is 1. The van der Waals surface area contributed by atoms with E-state index in [0.29, 0.717) is 25.3 Å². The van der Waals surface area contributed by atoms with Crippen LogP contribution in [-0.4, -0.2) is 42.5 Å². The summed E-state index contributed by atoms with van der Waals surface area (Å²) in [6, 6.07) is 6.18. The lowest BCUT2D eigenvalue weighted by atomic mass is 9.96. The zero-order chi connectivity index (χ0) is 20.3. The van der Waals surface area contributed by atoms with Gasteiger partial charge in [0.2, 0.25) is 5.91 Å². The standard InChI is InChI=1S/C19H25N5O4/c1-12(25)20-9-10-21-17(27)22-11-13-3-7-15(8-4-13)24-16(26)19(2,14-5-6-14)23-18(24)28/h3-4,7-8,14H,5-6,9-11H2,1-2H3,(H,20,25)(H,23,28)(H2,21,22,27). The maximum atomic E-state index is 12.7. The number of carbonyl (C=O) groups excluding carboxylic acids is 4. The van der Waals surface area contributed by atoms with Crippen LogP contribution in [0.15, 0.2) is 24.3 Å². The van der Waals surface area contributed by atoms with Crippen molar-refractivity contribution in [3.8, 4) is 0 Å². The van der Waals surface area contributed by atoms with E-state index in [1.54, 1.807) is 31.2 Å². The number of rotatable bonds is 7. The van der Waals surface area contributed by atoms with E-state index in [0.717, 1.165) is 18.4 Å². The fourth-order valence-electron chi connectivity index (χ4n) is 3.25. The van der Waals surface area contributed by atoms with E-state index in [9.17, 15) is 19.2 Å². The lowest BCUT2D eigenvalue weighted by Crippen LogP contribution is -2.46. The number of hydrogen-bond acceptors (Lipinski definition) is 4. The molecule has 1 aliphatic carbocycles. The van der Waals surface area contributed by atoms with Crippen molar-refractivity contribution in [1.82, 2.24) is 21.3 Å². The Bertz CT molecular complexity index is 790. The molecule has 1 unspecified atom stereocenters. The summed E-state index contributed by atoms with van der Waals surface area (Å²) < 4.78 is 0. The zero-order valence-electron chi connectivity index (χ0n) is 16.0. The van der Waals surface area contributed by atoms with E-state index in [1.807, 2.05) is 0 Å². The summed E-state index contributed by atoms with van der Waals surface area (Å²) >= 11 is 0. The molecule has 1 heterocycles. The molecule has 3 rings (SSSR count). The fraction of sp³-hybridized carbons (Fsp3) is 0.474. The highest BCUT2D eigenvalue weighted by atomic mass is 16.2. The number of benzene rings is 1. The van der Waals surface area contributed by atoms with Crippen LogP contribution < -0.4 is 26.2 Å². The molecule has 0 bridgehead atoms. The SMILES string of the molecule is CC(=O)NCCNC(=O)NCc1ccc(N2C(=O)NC(C)(C3CC3)C2=O)cc1. The molecule has 2 fully saturated rings. The Hall–Kier alpha value is -3.10. The summed E-state index contributed by atoms with van der Waals surface area (Å²) in [6.45, 7) is 4.19. The van der Waals surface area contributed by atoms with Crippen molar-refractivity contribution in [2.75, 3.05) is 18.0 Å². The summed E-state index contributed by atoms with van der Waals surface area (Å²) in [5, 5.41) is 10.7. The highest BCUT2D eigenvalue weighted by Gasteiger charge is 2.56. The number of hydrogen-bond donors (Lipinski definition) is 4. The van der Waals surface area contributed by atoms with Crippen LogP contribution in [0.25, 0.3) is 0 Å². The first-order valence-corrected chi connectivity index (χ1v) is 9.33. The van der Waals surface area contributed by atoms with Crippen molar-refractivity contribution in [3.05, 3.63) is 29.8 Å². The third-order valence-electron chi connectivity index (χ3n) is 5.04. The van der Waals surface area contributed by atoms with Crippen LogP contribution in [0.4, 0.5) is 15.3 Å². The van der Waals surface area contributed by atoms with Crippen LogP contribution in [0.3, 0.4) is 0 Å². The average Bonchev–Trinajstić information content (AvgIpc) is 3.47. The molecule has 1 saturated carbocycles. The lowest BCUT2D eigenvalue weighted by molar-refractivity contribution is -0.122. The Kier molecular flexibility index (Phi) is 5.53. The van der Waals surface area contributed by atoms with Crippen LogP contribution >= 0.6 is 0 Å². The maximum absolute atomic E-state index is 12.7. The van der Waals surface area contributed by atoms with Crippen molar-refractivity contribution in [1.29, 1.82) is 0 Å². The fourth-order valence-corrected chi connectivity index (χ4v) is 3.25. The number of nitrogens with zero attached hydrogens (tertiary/aromatic N) is 1. The quantitative estimate of drug-likeness (QED) is 0.409. The molecule has 1 aromatic carbocycles. The van der Waals surface area contributed by atoms with Gasteiger partial charge in [-0.2, -0.15) is 0 Å². The van der Waals surface area contributed by atoms with Crippen LogP contribution in [0.2, 0.25) is 0 Å². The first-order valence-electron chi connectivity index (χ1n) is 9.33. The molecular weight excluding hydrogens is 362 g/mol. The molecular formula is C19H25N5O4. The molecule has 1 saturated heterocycles. The molecule has 0 radical (unpaired) electrons. The molecule has 1 aromatic rings. The third-order valence-corrected chi connectivity index (χ3v) is 5.04. The Morgan fingerprint density at radius 3 is 2.36 bits per heavy atom. The van der Waals surface area contributed by atoms with Crippen LogP contribution in [0.1, 0.15) is 32.3 Å². The Balaban J connectivity index is 1.51. The second-order valence-electron chi connectivity index (χ2n) is 7.31. The van der Waals surface area contributed by atoms with Gasteiger partial charge in [0.05, 0.1) is 5.69 Å². The number of imide groups is 1. The van der Waals surface area contributed by atoms with Crippen molar-refractivity contribution in [2.24, 2.45) is 5.92 Å². The molecule has 28 heavy (non-hydrogen) atoms. The summed E-state index contributed by atoms with van der Waals surface area (Å²) in [5.74, 6) is -0.157. The molecule has 0 spiro atoms. The van der Waals surface area contributed by atoms with Crippen LogP contribution in [0, 0.1) is 5.92 Å². The van der Waals surface area contributed by atoms with Crippen molar-refractivity contribution >= 4 is 29.6 Å². The zero-order valence-corrected chi connectivity index (χ0v) is 16.0. The molecule has 4 N–H and O–H groups in total. The van der Waals surface area contributed by atoms with Crippen LogP contribution in [-0.2, 0) is 16.1 Å². The molecule has 1 atom stereocenters. The van der Waals surface area contributed by atoms with Gasteiger partial charge >= 0.3 is 12.1 Å². The molecule has 0 aromatic heterocycles. The predicted octanol–water partition coefficient (Wildman–Crippen LogP) is 0.847. The number of carbonyl (C=O) groups is 4. The predicted molar refractivity (Wildman–Crippen MR) is 103 cm³/mol. The highest BCUT2D eigenvalue weighted by molar-refractivity contribution is 6.23. The molecule has 2 aliphatic rings.